The first-order valence-corrected chi connectivity index (χ1v) is 8.47. The van der Waals surface area contributed by atoms with Crippen molar-refractivity contribution in [3.63, 3.8) is 0 Å². The molecule has 0 spiro atoms. The summed E-state index contributed by atoms with van der Waals surface area (Å²) < 4.78 is 0. The molecule has 1 fully saturated rings. The van der Waals surface area contributed by atoms with Crippen LogP contribution in [0.4, 0.5) is 0 Å². The van der Waals surface area contributed by atoms with Crippen LogP contribution in [0, 0.1) is 0 Å². The monoisotopic (exact) mass is 303 g/mol. The molecule has 0 aromatic carbocycles. The maximum Gasteiger partial charge on any atom is 0.109 e. The number of aliphatic hydroxyl groups excluding tert-OH is 4. The third kappa shape index (κ3) is 5.49. The van der Waals surface area contributed by atoms with Crippen molar-refractivity contribution in [3.8, 4) is 0 Å². The average molecular weight is 303 g/mol. The Balaban J connectivity index is 2.24. The zero-order valence-corrected chi connectivity index (χ0v) is 13.3. The van der Waals surface area contributed by atoms with Gasteiger partial charge in [0.25, 0.3) is 0 Å². The summed E-state index contributed by atoms with van der Waals surface area (Å²) in [5.41, 5.74) is -0.874. The minimum Gasteiger partial charge on any atom is -0.394 e. The van der Waals surface area contributed by atoms with Gasteiger partial charge in [-0.2, -0.15) is 0 Å². The summed E-state index contributed by atoms with van der Waals surface area (Å²) in [5.74, 6) is 0. The van der Waals surface area contributed by atoms with Crippen LogP contribution >= 0.6 is 0 Å². The van der Waals surface area contributed by atoms with Crippen LogP contribution in [0.5, 0.6) is 0 Å². The predicted octanol–water partition coefficient (Wildman–Crippen LogP) is 0.934. The molecule has 21 heavy (non-hydrogen) atoms. The third-order valence-corrected chi connectivity index (χ3v) is 4.71. The molecule has 1 heterocycles. The van der Waals surface area contributed by atoms with Crippen molar-refractivity contribution in [1.82, 2.24) is 5.32 Å². The Morgan fingerprint density at radius 1 is 0.952 bits per heavy atom. The van der Waals surface area contributed by atoms with Crippen LogP contribution < -0.4 is 5.32 Å². The second-order valence-electron chi connectivity index (χ2n) is 6.42. The molecule has 1 aliphatic rings. The van der Waals surface area contributed by atoms with E-state index in [1.807, 2.05) is 0 Å². The van der Waals surface area contributed by atoms with Gasteiger partial charge in [-0.1, -0.05) is 58.3 Å². The van der Waals surface area contributed by atoms with Crippen molar-refractivity contribution in [2.75, 3.05) is 13.2 Å². The molecule has 0 aromatic rings. The van der Waals surface area contributed by atoms with Crippen molar-refractivity contribution < 1.29 is 20.4 Å². The van der Waals surface area contributed by atoms with E-state index in [4.69, 9.17) is 0 Å². The van der Waals surface area contributed by atoms with Crippen LogP contribution in [0.15, 0.2) is 0 Å². The summed E-state index contributed by atoms with van der Waals surface area (Å²) >= 11 is 0. The lowest BCUT2D eigenvalue weighted by Crippen LogP contribution is -2.69. The molecule has 0 bridgehead atoms. The van der Waals surface area contributed by atoms with Gasteiger partial charge in [-0.25, -0.2) is 0 Å². The van der Waals surface area contributed by atoms with Crippen molar-refractivity contribution in [3.05, 3.63) is 0 Å². The Kier molecular flexibility index (Phi) is 8.74. The summed E-state index contributed by atoms with van der Waals surface area (Å²) in [6, 6.07) is 0. The summed E-state index contributed by atoms with van der Waals surface area (Å²) in [4.78, 5) is 0. The molecule has 1 rings (SSSR count). The van der Waals surface area contributed by atoms with Crippen molar-refractivity contribution >= 4 is 0 Å². The highest BCUT2D eigenvalue weighted by Crippen LogP contribution is 2.26. The minimum absolute atomic E-state index is 0.204. The van der Waals surface area contributed by atoms with Gasteiger partial charge < -0.3 is 25.7 Å². The number of unbranched alkanes of at least 4 members (excludes halogenated alkanes) is 7. The molecule has 0 radical (unpaired) electrons. The second kappa shape index (κ2) is 9.74. The molecule has 0 aromatic heterocycles. The summed E-state index contributed by atoms with van der Waals surface area (Å²) in [7, 11) is 0. The number of aliphatic hydroxyl groups is 4. The van der Waals surface area contributed by atoms with E-state index in [2.05, 4.69) is 12.2 Å². The van der Waals surface area contributed by atoms with Gasteiger partial charge in [-0.3, -0.25) is 0 Å². The Morgan fingerprint density at radius 3 is 2.10 bits per heavy atom. The van der Waals surface area contributed by atoms with Crippen LogP contribution in [0.2, 0.25) is 0 Å². The Labute approximate surface area is 128 Å². The number of rotatable bonds is 10. The maximum atomic E-state index is 10.1. The maximum absolute atomic E-state index is 10.1. The van der Waals surface area contributed by atoms with Crippen LogP contribution in [0.25, 0.3) is 0 Å². The van der Waals surface area contributed by atoms with Gasteiger partial charge in [-0.05, 0) is 6.42 Å². The molecular formula is C16H33NO4. The Hall–Kier alpha value is -0.200. The predicted molar refractivity (Wildman–Crippen MR) is 83.1 cm³/mol. The fourth-order valence-corrected chi connectivity index (χ4v) is 3.11. The molecule has 5 N–H and O–H groups in total. The van der Waals surface area contributed by atoms with E-state index in [-0.39, 0.29) is 13.2 Å². The summed E-state index contributed by atoms with van der Waals surface area (Å²) in [6.07, 6.45) is 6.87. The molecule has 0 aliphatic carbocycles. The lowest BCUT2D eigenvalue weighted by atomic mass is 9.79. The second-order valence-corrected chi connectivity index (χ2v) is 6.42. The first-order chi connectivity index (χ1) is 10.1. The van der Waals surface area contributed by atoms with Crippen LogP contribution in [0.3, 0.4) is 0 Å². The normalized spacial score (nSPS) is 33.3. The standard InChI is InChI=1S/C16H33NO4/c1-2-3-4-5-6-7-8-9-10-16(12-18)15(21)14(20)13(19)11-17-16/h13-15,17-21H,2-12H2,1H3/t13-,14+,15-,16-/m0/s1. The molecule has 5 nitrogen and oxygen atoms in total. The molecule has 5 heteroatoms. The highest BCUT2D eigenvalue weighted by atomic mass is 16.4. The number of β-amino-alcohol motifs (C(OH)–C–C–N with tert-alkyl or cyclic N) is 1. The fraction of sp³-hybridized carbons (Fsp3) is 1.00. The number of nitrogens with one attached hydrogen (secondary N) is 1. The van der Waals surface area contributed by atoms with E-state index in [1.54, 1.807) is 0 Å². The van der Waals surface area contributed by atoms with E-state index in [9.17, 15) is 20.4 Å². The van der Waals surface area contributed by atoms with Gasteiger partial charge in [0.05, 0.1) is 18.2 Å². The Morgan fingerprint density at radius 2 is 1.52 bits per heavy atom. The van der Waals surface area contributed by atoms with E-state index >= 15 is 0 Å². The van der Waals surface area contributed by atoms with Crippen LogP contribution in [0.1, 0.15) is 64.7 Å². The first-order valence-electron chi connectivity index (χ1n) is 8.47. The first kappa shape index (κ1) is 18.8. The minimum atomic E-state index is -1.19. The lowest BCUT2D eigenvalue weighted by Gasteiger charge is -2.45. The summed E-state index contributed by atoms with van der Waals surface area (Å²) in [5, 5.41) is 42.1. The van der Waals surface area contributed by atoms with Gasteiger partial charge in [0.1, 0.15) is 12.2 Å². The van der Waals surface area contributed by atoms with Crippen molar-refractivity contribution in [1.29, 1.82) is 0 Å². The smallest absolute Gasteiger partial charge is 0.109 e. The van der Waals surface area contributed by atoms with Gasteiger partial charge in [0, 0.05) is 6.54 Å². The zero-order valence-electron chi connectivity index (χ0n) is 13.3. The molecule has 126 valence electrons. The van der Waals surface area contributed by atoms with Crippen molar-refractivity contribution in [2.45, 2.75) is 88.6 Å². The highest BCUT2D eigenvalue weighted by Gasteiger charge is 2.46. The van der Waals surface area contributed by atoms with Gasteiger partial charge in [-0.15, -0.1) is 0 Å². The highest BCUT2D eigenvalue weighted by molar-refractivity contribution is 5.04. The van der Waals surface area contributed by atoms with E-state index in [0.29, 0.717) is 6.42 Å². The quantitative estimate of drug-likeness (QED) is 0.387. The molecule has 1 aliphatic heterocycles. The van der Waals surface area contributed by atoms with E-state index in [1.165, 1.54) is 38.5 Å². The third-order valence-electron chi connectivity index (χ3n) is 4.71. The van der Waals surface area contributed by atoms with Gasteiger partial charge in [0.2, 0.25) is 0 Å². The molecular weight excluding hydrogens is 270 g/mol. The van der Waals surface area contributed by atoms with Crippen LogP contribution in [-0.2, 0) is 0 Å². The van der Waals surface area contributed by atoms with Crippen molar-refractivity contribution in [2.24, 2.45) is 0 Å². The molecule has 0 amide bonds. The van der Waals surface area contributed by atoms with Gasteiger partial charge in [0.15, 0.2) is 0 Å². The number of piperidine rings is 1. The number of hydrogen-bond acceptors (Lipinski definition) is 5. The fourth-order valence-electron chi connectivity index (χ4n) is 3.11. The van der Waals surface area contributed by atoms with E-state index < -0.39 is 23.9 Å². The SMILES string of the molecule is CCCCCCCCCC[C@@]1(CO)NC[C@H](O)[C@@H](O)[C@@H]1O. The summed E-state index contributed by atoms with van der Waals surface area (Å²) in [6.45, 7) is 2.19. The number of hydrogen-bond donors (Lipinski definition) is 5. The average Bonchev–Trinajstić information content (AvgIpc) is 2.50. The molecule has 4 atom stereocenters. The zero-order chi connectivity index (χ0) is 15.7. The lowest BCUT2D eigenvalue weighted by molar-refractivity contribution is -0.135. The largest absolute Gasteiger partial charge is 0.394 e. The molecule has 0 unspecified atom stereocenters. The van der Waals surface area contributed by atoms with E-state index in [0.717, 1.165) is 12.8 Å². The molecule has 0 saturated carbocycles. The van der Waals surface area contributed by atoms with Crippen LogP contribution in [-0.4, -0.2) is 57.4 Å². The molecule has 1 saturated heterocycles. The topological polar surface area (TPSA) is 93.0 Å². The van der Waals surface area contributed by atoms with Gasteiger partial charge >= 0.3 is 0 Å². The Bertz CT molecular complexity index is 277.